The standard InChI is InChI=1S/C17H20N6S/c1-22-19-10-15(21-22)11-23-8-4-14(5-9-23)17-20-16(12-24-17)13-2-6-18-7-3-13/h2-3,6-7,10,12,14H,4-5,8-9,11H2,1H3. The van der Waals surface area contributed by atoms with Gasteiger partial charge in [0.05, 0.1) is 22.6 Å². The maximum Gasteiger partial charge on any atom is 0.0967 e. The van der Waals surface area contributed by atoms with E-state index < -0.39 is 0 Å². The fourth-order valence-corrected chi connectivity index (χ4v) is 4.16. The average Bonchev–Trinajstić information content (AvgIpc) is 3.26. The fourth-order valence-electron chi connectivity index (χ4n) is 3.16. The van der Waals surface area contributed by atoms with Crippen molar-refractivity contribution in [1.82, 2.24) is 29.9 Å². The van der Waals surface area contributed by atoms with Gasteiger partial charge in [-0.15, -0.1) is 11.3 Å². The average molecular weight is 340 g/mol. The summed E-state index contributed by atoms with van der Waals surface area (Å²) in [5.74, 6) is 0.573. The molecule has 1 saturated heterocycles. The van der Waals surface area contributed by atoms with Crippen molar-refractivity contribution in [2.45, 2.75) is 25.3 Å². The molecule has 0 spiro atoms. The van der Waals surface area contributed by atoms with Crippen LogP contribution >= 0.6 is 11.3 Å². The van der Waals surface area contributed by atoms with Gasteiger partial charge in [0, 0.05) is 42.8 Å². The van der Waals surface area contributed by atoms with Crippen LogP contribution in [0.15, 0.2) is 36.1 Å². The van der Waals surface area contributed by atoms with Crippen molar-refractivity contribution < 1.29 is 0 Å². The molecular formula is C17H20N6S. The van der Waals surface area contributed by atoms with Gasteiger partial charge in [-0.05, 0) is 38.1 Å². The first-order valence-corrected chi connectivity index (χ1v) is 9.09. The Morgan fingerprint density at radius 3 is 2.71 bits per heavy atom. The quantitative estimate of drug-likeness (QED) is 0.731. The second-order valence-electron chi connectivity index (χ2n) is 6.18. The fraction of sp³-hybridized carbons (Fsp3) is 0.412. The van der Waals surface area contributed by atoms with E-state index in [0.29, 0.717) is 5.92 Å². The van der Waals surface area contributed by atoms with Crippen molar-refractivity contribution >= 4 is 11.3 Å². The zero-order valence-corrected chi connectivity index (χ0v) is 14.5. The molecule has 0 bridgehead atoms. The lowest BCUT2D eigenvalue weighted by Gasteiger charge is -2.30. The van der Waals surface area contributed by atoms with Gasteiger partial charge in [0.25, 0.3) is 0 Å². The molecule has 0 unspecified atom stereocenters. The van der Waals surface area contributed by atoms with E-state index >= 15 is 0 Å². The molecular weight excluding hydrogens is 320 g/mol. The number of pyridine rings is 1. The third-order valence-electron chi connectivity index (χ3n) is 4.47. The summed E-state index contributed by atoms with van der Waals surface area (Å²) in [6, 6.07) is 4.03. The van der Waals surface area contributed by atoms with E-state index in [4.69, 9.17) is 4.98 Å². The van der Waals surface area contributed by atoms with Gasteiger partial charge in [0.1, 0.15) is 0 Å². The third kappa shape index (κ3) is 3.37. The van der Waals surface area contributed by atoms with E-state index in [1.165, 1.54) is 5.01 Å². The number of aromatic nitrogens is 5. The second-order valence-corrected chi connectivity index (χ2v) is 7.07. The van der Waals surface area contributed by atoms with Gasteiger partial charge in [-0.3, -0.25) is 9.88 Å². The van der Waals surface area contributed by atoms with Crippen molar-refractivity contribution in [2.75, 3.05) is 13.1 Å². The highest BCUT2D eigenvalue weighted by Crippen LogP contribution is 2.33. The largest absolute Gasteiger partial charge is 0.297 e. The summed E-state index contributed by atoms with van der Waals surface area (Å²) in [7, 11) is 1.86. The Labute approximate surface area is 145 Å². The van der Waals surface area contributed by atoms with Crippen molar-refractivity contribution in [3.8, 4) is 11.3 Å². The molecule has 1 aliphatic rings. The van der Waals surface area contributed by atoms with Crippen LogP contribution < -0.4 is 0 Å². The predicted octanol–water partition coefficient (Wildman–Crippen LogP) is 2.71. The molecule has 0 amide bonds. The molecule has 0 aliphatic carbocycles. The summed E-state index contributed by atoms with van der Waals surface area (Å²) in [5.41, 5.74) is 3.26. The van der Waals surface area contributed by atoms with Gasteiger partial charge in [-0.2, -0.15) is 15.0 Å². The number of rotatable bonds is 4. The molecule has 4 rings (SSSR count). The van der Waals surface area contributed by atoms with Gasteiger partial charge >= 0.3 is 0 Å². The van der Waals surface area contributed by atoms with Crippen LogP contribution in [0.5, 0.6) is 0 Å². The molecule has 0 N–H and O–H groups in total. The SMILES string of the molecule is Cn1ncc(CN2CCC(c3nc(-c4ccncc4)cs3)CC2)n1. The highest BCUT2D eigenvalue weighted by atomic mass is 32.1. The van der Waals surface area contributed by atoms with Crippen LogP contribution in [0.25, 0.3) is 11.3 Å². The number of thiazole rings is 1. The first kappa shape index (κ1) is 15.4. The number of hydrogen-bond donors (Lipinski definition) is 0. The normalized spacial score (nSPS) is 16.5. The van der Waals surface area contributed by atoms with Crippen molar-refractivity contribution in [3.05, 3.63) is 46.8 Å². The van der Waals surface area contributed by atoms with E-state index in [0.717, 1.165) is 49.4 Å². The Morgan fingerprint density at radius 2 is 2.00 bits per heavy atom. The van der Waals surface area contributed by atoms with Gasteiger partial charge in [-0.25, -0.2) is 4.98 Å². The predicted molar refractivity (Wildman–Crippen MR) is 93.6 cm³/mol. The number of aryl methyl sites for hydroxylation is 1. The molecule has 0 aromatic carbocycles. The summed E-state index contributed by atoms with van der Waals surface area (Å²) in [4.78, 5) is 13.0. The van der Waals surface area contributed by atoms with Crippen LogP contribution in [-0.2, 0) is 13.6 Å². The lowest BCUT2D eigenvalue weighted by Crippen LogP contribution is -2.32. The minimum absolute atomic E-state index is 0.573. The van der Waals surface area contributed by atoms with Gasteiger partial charge < -0.3 is 0 Å². The molecule has 0 radical (unpaired) electrons. The molecule has 6 nitrogen and oxygen atoms in total. The molecule has 0 atom stereocenters. The summed E-state index contributed by atoms with van der Waals surface area (Å²) in [6.45, 7) is 3.07. The first-order chi connectivity index (χ1) is 11.8. The minimum atomic E-state index is 0.573. The lowest BCUT2D eigenvalue weighted by molar-refractivity contribution is 0.202. The number of hydrogen-bond acceptors (Lipinski definition) is 6. The Hall–Kier alpha value is -2.12. The molecule has 7 heteroatoms. The van der Waals surface area contributed by atoms with E-state index in [2.05, 4.69) is 25.5 Å². The summed E-state index contributed by atoms with van der Waals surface area (Å²) >= 11 is 1.78. The van der Waals surface area contributed by atoms with Crippen LogP contribution in [0.4, 0.5) is 0 Å². The zero-order valence-electron chi connectivity index (χ0n) is 13.7. The van der Waals surface area contributed by atoms with Crippen LogP contribution in [0.1, 0.15) is 29.5 Å². The smallest absolute Gasteiger partial charge is 0.0967 e. The highest BCUT2D eigenvalue weighted by molar-refractivity contribution is 7.10. The van der Waals surface area contributed by atoms with E-state index in [9.17, 15) is 0 Å². The Bertz CT molecular complexity index is 788. The monoisotopic (exact) mass is 340 g/mol. The van der Waals surface area contributed by atoms with Gasteiger partial charge in [0.2, 0.25) is 0 Å². The lowest BCUT2D eigenvalue weighted by atomic mass is 9.97. The topological polar surface area (TPSA) is 59.7 Å². The third-order valence-corrected chi connectivity index (χ3v) is 5.47. The molecule has 24 heavy (non-hydrogen) atoms. The van der Waals surface area contributed by atoms with Crippen molar-refractivity contribution in [2.24, 2.45) is 7.05 Å². The van der Waals surface area contributed by atoms with E-state index in [1.54, 1.807) is 16.1 Å². The molecule has 0 saturated carbocycles. The molecule has 1 aliphatic heterocycles. The zero-order chi connectivity index (χ0) is 16.4. The summed E-state index contributed by atoms with van der Waals surface area (Å²) in [5, 5.41) is 11.9. The molecule has 124 valence electrons. The van der Waals surface area contributed by atoms with Crippen molar-refractivity contribution in [1.29, 1.82) is 0 Å². The van der Waals surface area contributed by atoms with E-state index in [1.807, 2.05) is 37.8 Å². The molecule has 3 aromatic rings. The number of piperidine rings is 1. The second kappa shape index (κ2) is 6.78. The van der Waals surface area contributed by atoms with Gasteiger partial charge in [-0.1, -0.05) is 0 Å². The van der Waals surface area contributed by atoms with Crippen LogP contribution in [0.3, 0.4) is 0 Å². The molecule has 1 fully saturated rings. The Morgan fingerprint density at radius 1 is 1.21 bits per heavy atom. The van der Waals surface area contributed by atoms with Crippen LogP contribution in [-0.4, -0.2) is 43.0 Å². The Kier molecular flexibility index (Phi) is 4.36. The number of likely N-dealkylation sites (tertiary alicyclic amines) is 1. The summed E-state index contributed by atoms with van der Waals surface area (Å²) in [6.07, 6.45) is 7.81. The first-order valence-electron chi connectivity index (χ1n) is 8.21. The molecule has 4 heterocycles. The van der Waals surface area contributed by atoms with Crippen LogP contribution in [0.2, 0.25) is 0 Å². The Balaban J connectivity index is 1.37. The number of nitrogens with zero attached hydrogens (tertiary/aromatic N) is 6. The molecule has 3 aromatic heterocycles. The minimum Gasteiger partial charge on any atom is -0.297 e. The van der Waals surface area contributed by atoms with Gasteiger partial charge in [0.15, 0.2) is 0 Å². The van der Waals surface area contributed by atoms with Crippen molar-refractivity contribution in [3.63, 3.8) is 0 Å². The highest BCUT2D eigenvalue weighted by Gasteiger charge is 2.23. The maximum absolute atomic E-state index is 4.86. The van der Waals surface area contributed by atoms with Crippen LogP contribution in [0, 0.1) is 0 Å². The maximum atomic E-state index is 4.86. The van der Waals surface area contributed by atoms with E-state index in [-0.39, 0.29) is 0 Å². The summed E-state index contributed by atoms with van der Waals surface area (Å²) < 4.78 is 0.